The van der Waals surface area contributed by atoms with Crippen LogP contribution in [-0.2, 0) is 14.4 Å². The fourth-order valence-corrected chi connectivity index (χ4v) is 7.92. The van der Waals surface area contributed by atoms with E-state index < -0.39 is 34.8 Å². The quantitative estimate of drug-likeness (QED) is 0.254. The fraction of sp³-hybridized carbons (Fsp3) is 0.172. The maximum absolute atomic E-state index is 14.0. The van der Waals surface area contributed by atoms with Crippen molar-refractivity contribution in [3.8, 4) is 11.5 Å². The van der Waals surface area contributed by atoms with Crippen LogP contribution in [0.2, 0.25) is 10.0 Å². The number of H-pyrrole nitrogens is 1. The lowest BCUT2D eigenvalue weighted by Gasteiger charge is -2.31. The second-order valence-corrected chi connectivity index (χ2v) is 12.5. The number of anilines is 2. The molecule has 9 nitrogen and oxygen atoms in total. The second-order valence-electron chi connectivity index (χ2n) is 9.49. The Morgan fingerprint density at radius 1 is 0.976 bits per heavy atom. The van der Waals surface area contributed by atoms with Crippen molar-refractivity contribution in [3.05, 3.63) is 96.9 Å². The lowest BCUT2D eigenvalue weighted by Crippen LogP contribution is -2.32. The Bertz CT molecular complexity index is 1760. The number of hydrogen-bond acceptors (Lipinski definition) is 8. The maximum atomic E-state index is 14.0. The normalized spacial score (nSPS) is 19.3. The second kappa shape index (κ2) is 11.5. The Balaban J connectivity index is 1.35. The van der Waals surface area contributed by atoms with Gasteiger partial charge < -0.3 is 19.8 Å². The Morgan fingerprint density at radius 2 is 1.69 bits per heavy atom. The number of fused-ring (bicyclic) bond motifs is 2. The average molecular weight is 643 g/mol. The third kappa shape index (κ3) is 5.29. The van der Waals surface area contributed by atoms with E-state index in [-0.39, 0.29) is 11.5 Å². The SMILES string of the molecule is COc1ccc(N2C(=O)[C@H]3[C@H](c4cc(Cl)ccc4OCC(=O)Nc4ccc(Cl)cc4)c4sc(=O)[nH]c4S[C@H]3C2=O)cc1. The summed E-state index contributed by atoms with van der Waals surface area (Å²) in [4.78, 5) is 57.2. The number of thiazole rings is 1. The molecule has 214 valence electrons. The van der Waals surface area contributed by atoms with Crippen LogP contribution in [0.5, 0.6) is 11.5 Å². The number of nitrogens with one attached hydrogen (secondary N) is 2. The van der Waals surface area contributed by atoms with Gasteiger partial charge in [0.15, 0.2) is 6.61 Å². The number of hydrogen-bond donors (Lipinski definition) is 2. The van der Waals surface area contributed by atoms with E-state index in [1.165, 1.54) is 23.8 Å². The van der Waals surface area contributed by atoms with Gasteiger partial charge >= 0.3 is 4.87 Å². The monoisotopic (exact) mass is 641 g/mol. The van der Waals surface area contributed by atoms with Crippen LogP contribution in [0.4, 0.5) is 11.4 Å². The van der Waals surface area contributed by atoms with Gasteiger partial charge in [-0.25, -0.2) is 4.90 Å². The molecule has 42 heavy (non-hydrogen) atoms. The molecular weight excluding hydrogens is 621 g/mol. The van der Waals surface area contributed by atoms with Crippen LogP contribution in [0, 0.1) is 5.92 Å². The number of halogens is 2. The van der Waals surface area contributed by atoms with Gasteiger partial charge in [0.25, 0.3) is 5.91 Å². The third-order valence-electron chi connectivity index (χ3n) is 6.95. The zero-order chi connectivity index (χ0) is 29.5. The number of amides is 3. The number of aromatic amines is 1. The summed E-state index contributed by atoms with van der Waals surface area (Å²) in [6.45, 7) is -0.339. The first-order valence-electron chi connectivity index (χ1n) is 12.6. The van der Waals surface area contributed by atoms with Gasteiger partial charge in [-0.3, -0.25) is 19.2 Å². The number of carbonyl (C=O) groups is 3. The number of aromatic nitrogens is 1. The number of carbonyl (C=O) groups excluding carboxylic acids is 3. The Labute approximate surface area is 257 Å². The van der Waals surface area contributed by atoms with Gasteiger partial charge in [0.05, 0.1) is 23.7 Å². The lowest BCUT2D eigenvalue weighted by molar-refractivity contribution is -0.122. The smallest absolute Gasteiger partial charge is 0.305 e. The van der Waals surface area contributed by atoms with Gasteiger partial charge in [-0.05, 0) is 66.7 Å². The number of imide groups is 1. The largest absolute Gasteiger partial charge is 0.497 e. The van der Waals surface area contributed by atoms with Crippen molar-refractivity contribution in [3.63, 3.8) is 0 Å². The molecule has 0 saturated carbocycles. The molecule has 0 bridgehead atoms. The van der Waals surface area contributed by atoms with E-state index >= 15 is 0 Å². The Hall–Kier alpha value is -3.77. The molecule has 3 amide bonds. The number of rotatable bonds is 7. The summed E-state index contributed by atoms with van der Waals surface area (Å²) in [5, 5.41) is 3.36. The summed E-state index contributed by atoms with van der Waals surface area (Å²) in [6, 6.07) is 18.2. The standard InChI is InChI=1S/C29H21Cl2N3O6S2/c1-39-18-9-7-17(8-10-18)34-27(36)23-22(24-26(33-29(38)42-24)41-25(23)28(34)37)19-12-15(31)4-11-20(19)40-13-21(35)32-16-5-2-14(30)3-6-16/h2-12,22-23,25H,13H2,1H3,(H,32,35)(H,33,38)/t22-,23-,25+/m0/s1. The van der Waals surface area contributed by atoms with E-state index in [4.69, 9.17) is 32.7 Å². The van der Waals surface area contributed by atoms with Crippen molar-refractivity contribution in [2.24, 2.45) is 5.92 Å². The number of benzene rings is 3. The molecular formula is C29H21Cl2N3O6S2. The van der Waals surface area contributed by atoms with Gasteiger partial charge in [-0.2, -0.15) is 0 Å². The van der Waals surface area contributed by atoms with Crippen LogP contribution < -0.4 is 24.6 Å². The van der Waals surface area contributed by atoms with Crippen molar-refractivity contribution < 1.29 is 23.9 Å². The molecule has 0 spiro atoms. The van der Waals surface area contributed by atoms with E-state index in [0.29, 0.717) is 48.4 Å². The Kier molecular flexibility index (Phi) is 7.75. The zero-order valence-corrected chi connectivity index (χ0v) is 24.9. The minimum Gasteiger partial charge on any atom is -0.497 e. The van der Waals surface area contributed by atoms with Crippen molar-refractivity contribution >= 4 is 75.4 Å². The molecule has 3 atom stereocenters. The van der Waals surface area contributed by atoms with Gasteiger partial charge in [-0.1, -0.05) is 46.3 Å². The van der Waals surface area contributed by atoms with Crippen molar-refractivity contribution in [2.75, 3.05) is 23.9 Å². The summed E-state index contributed by atoms with van der Waals surface area (Å²) in [5.41, 5.74) is 1.45. The highest BCUT2D eigenvalue weighted by Gasteiger charge is 2.56. The van der Waals surface area contributed by atoms with E-state index in [1.807, 2.05) is 0 Å². The molecule has 3 aromatic carbocycles. The van der Waals surface area contributed by atoms with Crippen LogP contribution in [0.3, 0.4) is 0 Å². The molecule has 4 aromatic rings. The minimum atomic E-state index is -0.854. The minimum absolute atomic E-state index is 0.302. The van der Waals surface area contributed by atoms with Crippen LogP contribution in [0.15, 0.2) is 76.6 Å². The number of methoxy groups -OCH3 is 1. The molecule has 13 heteroatoms. The van der Waals surface area contributed by atoms with Crippen molar-refractivity contribution in [1.29, 1.82) is 0 Å². The van der Waals surface area contributed by atoms with E-state index in [1.54, 1.807) is 66.7 Å². The first-order chi connectivity index (χ1) is 20.2. The van der Waals surface area contributed by atoms with Crippen LogP contribution in [0.25, 0.3) is 0 Å². The molecule has 1 aromatic heterocycles. The maximum Gasteiger partial charge on any atom is 0.305 e. The van der Waals surface area contributed by atoms with Crippen LogP contribution in [-0.4, -0.2) is 41.7 Å². The van der Waals surface area contributed by atoms with Crippen molar-refractivity contribution in [1.82, 2.24) is 4.98 Å². The predicted octanol–water partition coefficient (Wildman–Crippen LogP) is 5.57. The zero-order valence-electron chi connectivity index (χ0n) is 21.8. The molecule has 1 saturated heterocycles. The van der Waals surface area contributed by atoms with Gasteiger partial charge in [0.2, 0.25) is 11.8 Å². The summed E-state index contributed by atoms with van der Waals surface area (Å²) < 4.78 is 11.2. The van der Waals surface area contributed by atoms with E-state index in [9.17, 15) is 19.2 Å². The molecule has 0 radical (unpaired) electrons. The molecule has 3 heterocycles. The first kappa shape index (κ1) is 28.4. The summed E-state index contributed by atoms with van der Waals surface area (Å²) >= 11 is 14.5. The average Bonchev–Trinajstić information content (AvgIpc) is 3.47. The molecule has 0 unspecified atom stereocenters. The van der Waals surface area contributed by atoms with Gasteiger partial charge in [-0.15, -0.1) is 0 Å². The number of ether oxygens (including phenoxy) is 2. The van der Waals surface area contributed by atoms with Crippen LogP contribution in [0.1, 0.15) is 16.4 Å². The third-order valence-corrected chi connectivity index (χ3v) is 9.84. The molecule has 0 aliphatic carbocycles. The summed E-state index contributed by atoms with van der Waals surface area (Å²) in [6.07, 6.45) is 0. The fourth-order valence-electron chi connectivity index (χ4n) is 5.11. The highest BCUT2D eigenvalue weighted by atomic mass is 35.5. The highest BCUT2D eigenvalue weighted by Crippen LogP contribution is 2.54. The van der Waals surface area contributed by atoms with Crippen LogP contribution >= 0.6 is 46.3 Å². The number of thioether (sulfide) groups is 1. The lowest BCUT2D eigenvalue weighted by atomic mass is 9.82. The number of nitrogens with zero attached hydrogens (tertiary/aromatic N) is 1. The molecule has 6 rings (SSSR count). The first-order valence-corrected chi connectivity index (χ1v) is 15.1. The highest BCUT2D eigenvalue weighted by molar-refractivity contribution is 8.00. The molecule has 2 aliphatic rings. The van der Waals surface area contributed by atoms with E-state index in [0.717, 1.165) is 11.3 Å². The Morgan fingerprint density at radius 3 is 2.40 bits per heavy atom. The topological polar surface area (TPSA) is 118 Å². The predicted molar refractivity (Wildman–Crippen MR) is 162 cm³/mol. The summed E-state index contributed by atoms with van der Waals surface area (Å²) in [7, 11) is 1.53. The van der Waals surface area contributed by atoms with Gasteiger partial charge in [0.1, 0.15) is 16.7 Å². The molecule has 1 fully saturated rings. The molecule has 2 N–H and O–H groups in total. The molecule has 2 aliphatic heterocycles. The summed E-state index contributed by atoms with van der Waals surface area (Å²) in [5.74, 6) is -1.92. The van der Waals surface area contributed by atoms with Crippen molar-refractivity contribution in [2.45, 2.75) is 16.2 Å². The van der Waals surface area contributed by atoms with E-state index in [2.05, 4.69) is 10.3 Å². The van der Waals surface area contributed by atoms with Gasteiger partial charge in [0, 0.05) is 32.1 Å².